The molecular formula is C19H20F3N5O2S. The molecule has 0 spiro atoms. The van der Waals surface area contributed by atoms with Gasteiger partial charge in [0, 0.05) is 37.7 Å². The Hall–Kier alpha value is -2.69. The summed E-state index contributed by atoms with van der Waals surface area (Å²) in [5.41, 5.74) is -0.653. The van der Waals surface area contributed by atoms with E-state index in [1.54, 1.807) is 4.90 Å². The third-order valence-corrected chi connectivity index (χ3v) is 6.31. The molecule has 0 unspecified atom stereocenters. The molecule has 2 aromatic rings. The highest BCUT2D eigenvalue weighted by molar-refractivity contribution is 7.19. The number of benzene rings is 1. The summed E-state index contributed by atoms with van der Waals surface area (Å²) in [5.74, 6) is -0.513. The predicted molar refractivity (Wildman–Crippen MR) is 107 cm³/mol. The molecule has 30 heavy (non-hydrogen) atoms. The molecule has 1 N–H and O–H groups in total. The highest BCUT2D eigenvalue weighted by Gasteiger charge is 2.32. The summed E-state index contributed by atoms with van der Waals surface area (Å²) < 4.78 is 38.5. The lowest BCUT2D eigenvalue weighted by molar-refractivity contribution is -0.137. The Morgan fingerprint density at radius 1 is 1.13 bits per heavy atom. The maximum Gasteiger partial charge on any atom is 0.416 e. The number of piperidine rings is 1. The molecule has 2 fully saturated rings. The third kappa shape index (κ3) is 4.40. The normalized spacial score (nSPS) is 18.2. The average molecular weight is 439 g/mol. The van der Waals surface area contributed by atoms with E-state index in [1.165, 1.54) is 23.5 Å². The monoisotopic (exact) mass is 439 g/mol. The van der Waals surface area contributed by atoms with E-state index in [2.05, 4.69) is 15.5 Å². The van der Waals surface area contributed by atoms with E-state index in [9.17, 15) is 22.8 Å². The lowest BCUT2D eigenvalue weighted by Crippen LogP contribution is -2.38. The minimum Gasteiger partial charge on any atom is -0.347 e. The second-order valence-electron chi connectivity index (χ2n) is 7.35. The van der Waals surface area contributed by atoms with Crippen LogP contribution in [0, 0.1) is 5.92 Å². The summed E-state index contributed by atoms with van der Waals surface area (Å²) in [6, 6.07) is 4.64. The molecule has 2 amide bonds. The summed E-state index contributed by atoms with van der Waals surface area (Å²) in [4.78, 5) is 28.0. The molecule has 11 heteroatoms. The molecule has 0 aliphatic carbocycles. The van der Waals surface area contributed by atoms with E-state index in [4.69, 9.17) is 0 Å². The Morgan fingerprint density at radius 3 is 2.53 bits per heavy atom. The van der Waals surface area contributed by atoms with Crippen molar-refractivity contribution in [2.75, 3.05) is 34.8 Å². The number of amides is 2. The van der Waals surface area contributed by atoms with E-state index in [0.29, 0.717) is 49.2 Å². The molecule has 1 aromatic carbocycles. The molecule has 2 aliphatic heterocycles. The first-order valence-corrected chi connectivity index (χ1v) is 10.5. The van der Waals surface area contributed by atoms with E-state index >= 15 is 0 Å². The van der Waals surface area contributed by atoms with Gasteiger partial charge < -0.3 is 10.2 Å². The summed E-state index contributed by atoms with van der Waals surface area (Å²) in [6.45, 7) is 1.83. The Kier molecular flexibility index (Phi) is 5.63. The Bertz CT molecular complexity index is 940. The first-order valence-electron chi connectivity index (χ1n) is 9.68. The van der Waals surface area contributed by atoms with Gasteiger partial charge in [-0.25, -0.2) is 0 Å². The molecule has 1 aromatic heterocycles. The standard InChI is InChI=1S/C19H20F3N5O2S/c20-19(21,22)13-3-1-4-14(11-13)23-16(29)12-6-9-26(10-7-12)17-24-25-18(30-17)27-8-2-5-15(27)28/h1,3-4,11-12H,2,5-10H2,(H,23,29). The number of halogens is 3. The molecule has 4 rings (SSSR count). The van der Waals surface area contributed by atoms with Crippen LogP contribution in [-0.2, 0) is 15.8 Å². The molecule has 2 saturated heterocycles. The van der Waals surface area contributed by atoms with Gasteiger partial charge in [0.15, 0.2) is 0 Å². The van der Waals surface area contributed by atoms with Gasteiger partial charge in [0.25, 0.3) is 0 Å². The smallest absolute Gasteiger partial charge is 0.347 e. The number of hydrogen-bond donors (Lipinski definition) is 1. The van der Waals surface area contributed by atoms with Crippen molar-refractivity contribution in [3.8, 4) is 0 Å². The molecule has 0 bridgehead atoms. The SMILES string of the molecule is O=C(Nc1cccc(C(F)(F)F)c1)C1CCN(c2nnc(N3CCCC3=O)s2)CC1. The molecule has 0 atom stereocenters. The van der Waals surface area contributed by atoms with Crippen molar-refractivity contribution >= 4 is 39.1 Å². The van der Waals surface area contributed by atoms with Gasteiger partial charge in [-0.2, -0.15) is 13.2 Å². The highest BCUT2D eigenvalue weighted by atomic mass is 32.1. The van der Waals surface area contributed by atoms with Gasteiger partial charge in [-0.3, -0.25) is 14.5 Å². The van der Waals surface area contributed by atoms with Crippen LogP contribution in [0.5, 0.6) is 0 Å². The van der Waals surface area contributed by atoms with Crippen molar-refractivity contribution < 1.29 is 22.8 Å². The number of hydrogen-bond acceptors (Lipinski definition) is 6. The van der Waals surface area contributed by atoms with Crippen molar-refractivity contribution in [2.45, 2.75) is 31.9 Å². The molecule has 2 aliphatic rings. The summed E-state index contributed by atoms with van der Waals surface area (Å²) in [5, 5.41) is 12.2. The molecule has 3 heterocycles. The van der Waals surface area contributed by atoms with Gasteiger partial charge in [-0.05, 0) is 37.5 Å². The summed E-state index contributed by atoms with van der Waals surface area (Å²) in [6.07, 6.45) is -1.99. The Labute approximate surface area is 174 Å². The quantitative estimate of drug-likeness (QED) is 0.789. The van der Waals surface area contributed by atoms with E-state index in [1.807, 2.05) is 4.90 Å². The number of carbonyl (C=O) groups is 2. The van der Waals surface area contributed by atoms with E-state index in [0.717, 1.165) is 18.6 Å². The largest absolute Gasteiger partial charge is 0.416 e. The highest BCUT2D eigenvalue weighted by Crippen LogP contribution is 2.33. The number of alkyl halides is 3. The average Bonchev–Trinajstić information content (AvgIpc) is 3.36. The van der Waals surface area contributed by atoms with E-state index in [-0.39, 0.29) is 23.4 Å². The summed E-state index contributed by atoms with van der Waals surface area (Å²) >= 11 is 1.36. The van der Waals surface area contributed by atoms with Gasteiger partial charge >= 0.3 is 6.18 Å². The van der Waals surface area contributed by atoms with Gasteiger partial charge in [-0.15, -0.1) is 10.2 Å². The first-order chi connectivity index (χ1) is 14.3. The Morgan fingerprint density at radius 2 is 1.87 bits per heavy atom. The molecular weight excluding hydrogens is 419 g/mol. The third-order valence-electron chi connectivity index (χ3n) is 5.30. The van der Waals surface area contributed by atoms with Gasteiger partial charge in [-0.1, -0.05) is 17.4 Å². The van der Waals surface area contributed by atoms with Crippen LogP contribution >= 0.6 is 11.3 Å². The fourth-order valence-corrected chi connectivity index (χ4v) is 4.59. The van der Waals surface area contributed by atoms with Crippen LogP contribution in [0.25, 0.3) is 0 Å². The maximum absolute atomic E-state index is 12.8. The number of nitrogens with zero attached hydrogens (tertiary/aromatic N) is 4. The number of nitrogens with one attached hydrogen (secondary N) is 1. The molecule has 0 saturated carbocycles. The number of anilines is 3. The fraction of sp³-hybridized carbons (Fsp3) is 0.474. The summed E-state index contributed by atoms with van der Waals surface area (Å²) in [7, 11) is 0. The number of carbonyl (C=O) groups excluding carboxylic acids is 2. The molecule has 7 nitrogen and oxygen atoms in total. The van der Waals surface area contributed by atoms with Crippen molar-refractivity contribution in [1.29, 1.82) is 0 Å². The maximum atomic E-state index is 12.8. The van der Waals surface area contributed by atoms with Crippen molar-refractivity contribution in [1.82, 2.24) is 10.2 Å². The zero-order valence-corrected chi connectivity index (χ0v) is 16.8. The van der Waals surface area contributed by atoms with Crippen molar-refractivity contribution in [2.24, 2.45) is 5.92 Å². The zero-order valence-electron chi connectivity index (χ0n) is 16.0. The van der Waals surface area contributed by atoms with Crippen LogP contribution in [0.2, 0.25) is 0 Å². The van der Waals surface area contributed by atoms with Gasteiger partial charge in [0.2, 0.25) is 22.1 Å². The first kappa shape index (κ1) is 20.6. The van der Waals surface area contributed by atoms with Crippen LogP contribution in [0.1, 0.15) is 31.2 Å². The van der Waals surface area contributed by atoms with Crippen LogP contribution < -0.4 is 15.1 Å². The van der Waals surface area contributed by atoms with Crippen molar-refractivity contribution in [3.63, 3.8) is 0 Å². The van der Waals surface area contributed by atoms with Gasteiger partial charge in [0.1, 0.15) is 0 Å². The van der Waals surface area contributed by atoms with Crippen LogP contribution in [0.15, 0.2) is 24.3 Å². The molecule has 160 valence electrons. The number of rotatable bonds is 4. The Balaban J connectivity index is 1.33. The molecule has 0 radical (unpaired) electrons. The fourth-order valence-electron chi connectivity index (χ4n) is 3.65. The van der Waals surface area contributed by atoms with Crippen LogP contribution in [0.4, 0.5) is 29.1 Å². The van der Waals surface area contributed by atoms with E-state index < -0.39 is 11.7 Å². The van der Waals surface area contributed by atoms with Crippen LogP contribution in [0.3, 0.4) is 0 Å². The minimum absolute atomic E-state index is 0.0580. The predicted octanol–water partition coefficient (Wildman–Crippen LogP) is 3.54. The lowest BCUT2D eigenvalue weighted by atomic mass is 9.96. The topological polar surface area (TPSA) is 78.4 Å². The van der Waals surface area contributed by atoms with Crippen molar-refractivity contribution in [3.05, 3.63) is 29.8 Å². The van der Waals surface area contributed by atoms with Crippen LogP contribution in [-0.4, -0.2) is 41.6 Å². The van der Waals surface area contributed by atoms with Gasteiger partial charge in [0.05, 0.1) is 5.56 Å². The number of aromatic nitrogens is 2. The second kappa shape index (κ2) is 8.21. The second-order valence-corrected chi connectivity index (χ2v) is 8.28. The zero-order chi connectivity index (χ0) is 21.3. The minimum atomic E-state index is -4.45. The lowest BCUT2D eigenvalue weighted by Gasteiger charge is -2.30.